The van der Waals surface area contributed by atoms with Crippen LogP contribution in [-0.4, -0.2) is 49.8 Å². The zero-order chi connectivity index (χ0) is 12.7. The number of nitrogens with zero attached hydrogens (tertiary/aromatic N) is 1. The normalized spacial score (nSPS) is 22.6. The van der Waals surface area contributed by atoms with Gasteiger partial charge in [0.05, 0.1) is 6.10 Å². The molecular weight excluding hydrogens is 212 g/mol. The van der Waals surface area contributed by atoms with Crippen LogP contribution in [0.2, 0.25) is 0 Å². The average Bonchev–Trinajstić information content (AvgIpc) is 2.28. The minimum Gasteiger partial charge on any atom is -0.379 e. The van der Waals surface area contributed by atoms with Crippen LogP contribution < -0.4 is 5.32 Å². The van der Waals surface area contributed by atoms with Gasteiger partial charge in [-0.25, -0.2) is 0 Å². The Morgan fingerprint density at radius 2 is 2.00 bits per heavy atom. The van der Waals surface area contributed by atoms with E-state index in [4.69, 9.17) is 4.74 Å². The predicted octanol–water partition coefficient (Wildman–Crippen LogP) is 2.12. The molecule has 0 radical (unpaired) electrons. The van der Waals surface area contributed by atoms with Crippen molar-refractivity contribution in [3.05, 3.63) is 0 Å². The van der Waals surface area contributed by atoms with Gasteiger partial charge in [0.2, 0.25) is 0 Å². The van der Waals surface area contributed by atoms with Crippen LogP contribution in [0.4, 0.5) is 0 Å². The van der Waals surface area contributed by atoms with Crippen LogP contribution in [0.15, 0.2) is 0 Å². The van der Waals surface area contributed by atoms with Crippen LogP contribution in [0.5, 0.6) is 0 Å². The summed E-state index contributed by atoms with van der Waals surface area (Å²) < 4.78 is 5.56. The highest BCUT2D eigenvalue weighted by Gasteiger charge is 2.20. The summed E-state index contributed by atoms with van der Waals surface area (Å²) in [5.41, 5.74) is 0. The highest BCUT2D eigenvalue weighted by Crippen LogP contribution is 2.09. The van der Waals surface area contributed by atoms with E-state index in [-0.39, 0.29) is 0 Å². The maximum Gasteiger partial charge on any atom is 0.0518 e. The second kappa shape index (κ2) is 8.06. The van der Waals surface area contributed by atoms with Crippen molar-refractivity contribution in [3.8, 4) is 0 Å². The van der Waals surface area contributed by atoms with E-state index in [1.54, 1.807) is 0 Å². The van der Waals surface area contributed by atoms with E-state index in [0.29, 0.717) is 12.1 Å². The third-order valence-corrected chi connectivity index (χ3v) is 3.41. The molecule has 1 unspecified atom stereocenters. The first-order chi connectivity index (χ1) is 8.09. The Bertz CT molecular complexity index is 195. The van der Waals surface area contributed by atoms with Gasteiger partial charge in [-0.15, -0.1) is 0 Å². The number of piperazine rings is 1. The Morgan fingerprint density at radius 1 is 1.24 bits per heavy atom. The smallest absolute Gasteiger partial charge is 0.0518 e. The first-order valence-electron chi connectivity index (χ1n) is 7.17. The molecule has 102 valence electrons. The molecule has 1 rings (SSSR count). The Hall–Kier alpha value is -0.120. The summed E-state index contributed by atoms with van der Waals surface area (Å²) in [6.07, 6.45) is 2.82. The molecule has 0 amide bonds. The highest BCUT2D eigenvalue weighted by atomic mass is 16.5. The molecule has 0 spiro atoms. The molecule has 17 heavy (non-hydrogen) atoms. The van der Waals surface area contributed by atoms with Crippen molar-refractivity contribution in [1.29, 1.82) is 0 Å². The van der Waals surface area contributed by atoms with Crippen molar-refractivity contribution < 1.29 is 4.74 Å². The molecule has 1 aliphatic rings. The first kappa shape index (κ1) is 14.9. The van der Waals surface area contributed by atoms with E-state index in [0.717, 1.165) is 19.1 Å². The van der Waals surface area contributed by atoms with E-state index in [9.17, 15) is 0 Å². The van der Waals surface area contributed by atoms with Gasteiger partial charge >= 0.3 is 0 Å². The van der Waals surface area contributed by atoms with Crippen molar-refractivity contribution in [3.63, 3.8) is 0 Å². The second-order valence-corrected chi connectivity index (χ2v) is 5.73. The van der Waals surface area contributed by atoms with Crippen LogP contribution in [0.1, 0.15) is 40.5 Å². The number of hydrogen-bond donors (Lipinski definition) is 1. The molecule has 0 aliphatic carbocycles. The maximum atomic E-state index is 5.56. The van der Waals surface area contributed by atoms with Gasteiger partial charge in [0.15, 0.2) is 0 Å². The first-order valence-corrected chi connectivity index (χ1v) is 7.17. The third kappa shape index (κ3) is 6.39. The van der Waals surface area contributed by atoms with Crippen molar-refractivity contribution in [2.45, 2.75) is 52.7 Å². The summed E-state index contributed by atoms with van der Waals surface area (Å²) in [6.45, 7) is 14.5. The molecule has 1 saturated heterocycles. The summed E-state index contributed by atoms with van der Waals surface area (Å²) in [5, 5.41) is 3.60. The van der Waals surface area contributed by atoms with Crippen molar-refractivity contribution in [2.24, 2.45) is 5.92 Å². The minimum absolute atomic E-state index is 0.375. The lowest BCUT2D eigenvalue weighted by Gasteiger charge is -2.35. The van der Waals surface area contributed by atoms with Crippen LogP contribution in [0.3, 0.4) is 0 Å². The average molecular weight is 242 g/mol. The molecule has 0 aromatic rings. The van der Waals surface area contributed by atoms with Crippen LogP contribution in [0, 0.1) is 5.92 Å². The lowest BCUT2D eigenvalue weighted by molar-refractivity contribution is 0.0730. The van der Waals surface area contributed by atoms with Gasteiger partial charge in [0, 0.05) is 32.3 Å². The number of rotatable bonds is 7. The van der Waals surface area contributed by atoms with Gasteiger partial charge in [-0.2, -0.15) is 0 Å². The quantitative estimate of drug-likeness (QED) is 0.692. The van der Waals surface area contributed by atoms with E-state index in [1.165, 1.54) is 32.5 Å². The molecule has 0 bridgehead atoms. The van der Waals surface area contributed by atoms with Gasteiger partial charge in [0.25, 0.3) is 0 Å². The van der Waals surface area contributed by atoms with Crippen LogP contribution in [0.25, 0.3) is 0 Å². The molecule has 1 aliphatic heterocycles. The molecule has 3 nitrogen and oxygen atoms in total. The third-order valence-electron chi connectivity index (χ3n) is 3.41. The molecule has 1 atom stereocenters. The topological polar surface area (TPSA) is 24.5 Å². The summed E-state index contributed by atoms with van der Waals surface area (Å²) in [5.74, 6) is 0.738. The molecule has 1 fully saturated rings. The van der Waals surface area contributed by atoms with E-state index in [1.807, 2.05) is 0 Å². The number of nitrogens with one attached hydrogen (secondary N) is 1. The van der Waals surface area contributed by atoms with Crippen molar-refractivity contribution in [1.82, 2.24) is 10.2 Å². The number of ether oxygens (including phenoxy) is 1. The predicted molar refractivity (Wildman–Crippen MR) is 73.4 cm³/mol. The molecule has 0 aromatic carbocycles. The maximum absolute atomic E-state index is 5.56. The minimum atomic E-state index is 0.375. The largest absolute Gasteiger partial charge is 0.379 e. The highest BCUT2D eigenvalue weighted by molar-refractivity contribution is 4.80. The fourth-order valence-corrected chi connectivity index (χ4v) is 2.25. The summed E-state index contributed by atoms with van der Waals surface area (Å²) in [7, 11) is 0. The Balaban J connectivity index is 2.06. The zero-order valence-corrected chi connectivity index (χ0v) is 12.0. The molecule has 0 saturated carbocycles. The van der Waals surface area contributed by atoms with Gasteiger partial charge in [0.1, 0.15) is 0 Å². The van der Waals surface area contributed by atoms with Crippen LogP contribution >= 0.6 is 0 Å². The van der Waals surface area contributed by atoms with Crippen molar-refractivity contribution >= 4 is 0 Å². The van der Waals surface area contributed by atoms with E-state index >= 15 is 0 Å². The van der Waals surface area contributed by atoms with Crippen LogP contribution in [-0.2, 0) is 4.74 Å². The fraction of sp³-hybridized carbons (Fsp3) is 1.00. The summed E-state index contributed by atoms with van der Waals surface area (Å²) in [4.78, 5) is 2.59. The SMILES string of the molecule is CC(C)OCCCCN1CCNC(C(C)C)C1. The standard InChI is InChI=1S/C14H30N2O/c1-12(2)14-11-16(9-7-15-14)8-5-6-10-17-13(3)4/h12-15H,5-11H2,1-4H3. The van der Waals surface area contributed by atoms with Gasteiger partial charge in [-0.3, -0.25) is 0 Å². The summed E-state index contributed by atoms with van der Waals surface area (Å²) in [6, 6.07) is 0.677. The monoisotopic (exact) mass is 242 g/mol. The van der Waals surface area contributed by atoms with Crippen molar-refractivity contribution in [2.75, 3.05) is 32.8 Å². The molecule has 3 heteroatoms. The second-order valence-electron chi connectivity index (χ2n) is 5.73. The number of unbranched alkanes of at least 4 members (excludes halogenated alkanes) is 1. The molecular formula is C14H30N2O. The fourth-order valence-electron chi connectivity index (χ4n) is 2.25. The molecule has 1 N–H and O–H groups in total. The van der Waals surface area contributed by atoms with E-state index in [2.05, 4.69) is 37.9 Å². The number of hydrogen-bond acceptors (Lipinski definition) is 3. The van der Waals surface area contributed by atoms with E-state index < -0.39 is 0 Å². The zero-order valence-electron chi connectivity index (χ0n) is 12.0. The molecule has 0 aromatic heterocycles. The lowest BCUT2D eigenvalue weighted by atomic mass is 10.0. The summed E-state index contributed by atoms with van der Waals surface area (Å²) >= 11 is 0. The Kier molecular flexibility index (Phi) is 7.09. The Labute approximate surface area is 107 Å². The lowest BCUT2D eigenvalue weighted by Crippen LogP contribution is -2.52. The Morgan fingerprint density at radius 3 is 2.65 bits per heavy atom. The van der Waals surface area contributed by atoms with Gasteiger partial charge in [-0.1, -0.05) is 13.8 Å². The van der Waals surface area contributed by atoms with Gasteiger partial charge < -0.3 is 15.0 Å². The molecule has 1 heterocycles. The van der Waals surface area contributed by atoms with Gasteiger partial charge in [-0.05, 0) is 39.2 Å².